The zero-order chi connectivity index (χ0) is 18.3. The van der Waals surface area contributed by atoms with Gasteiger partial charge in [-0.3, -0.25) is 14.5 Å². The number of fused-ring (bicyclic) bond motifs is 4. The van der Waals surface area contributed by atoms with Crippen molar-refractivity contribution in [2.24, 2.45) is 17.8 Å². The summed E-state index contributed by atoms with van der Waals surface area (Å²) in [6, 6.07) is 9.15. The summed E-state index contributed by atoms with van der Waals surface area (Å²) in [6.07, 6.45) is 1.81. The Morgan fingerprint density at radius 3 is 2.85 bits per heavy atom. The van der Waals surface area contributed by atoms with E-state index < -0.39 is 0 Å². The van der Waals surface area contributed by atoms with E-state index in [9.17, 15) is 4.79 Å². The quantitative estimate of drug-likeness (QED) is 0.822. The zero-order valence-corrected chi connectivity index (χ0v) is 14.9. The molecule has 0 radical (unpaired) electrons. The van der Waals surface area contributed by atoms with Crippen LogP contribution in [0.25, 0.3) is 0 Å². The van der Waals surface area contributed by atoms with E-state index in [-0.39, 0.29) is 24.7 Å². The topological polar surface area (TPSA) is 89.0 Å². The summed E-state index contributed by atoms with van der Waals surface area (Å²) in [5, 5.41) is 5.87. The maximum absolute atomic E-state index is 13.0. The van der Waals surface area contributed by atoms with Gasteiger partial charge >= 0.3 is 6.03 Å². The molecule has 26 heavy (non-hydrogen) atoms. The lowest BCUT2D eigenvalue weighted by Crippen LogP contribution is -2.41. The number of benzene rings is 1. The highest BCUT2D eigenvalue weighted by atomic mass is 16.7. The van der Waals surface area contributed by atoms with Crippen LogP contribution in [0.15, 0.2) is 41.5 Å². The Morgan fingerprint density at radius 2 is 2.15 bits per heavy atom. The van der Waals surface area contributed by atoms with Crippen molar-refractivity contribution in [3.05, 3.63) is 53.3 Å². The molecule has 4 rings (SSSR count). The number of hydrogen-bond donors (Lipinski definition) is 1. The Balaban J connectivity index is 1.67. The Hall–Kier alpha value is -2.71. The molecule has 0 aliphatic carbocycles. The highest BCUT2D eigenvalue weighted by Crippen LogP contribution is 2.44. The van der Waals surface area contributed by atoms with Crippen molar-refractivity contribution in [2.75, 3.05) is 20.1 Å². The molecular weight excluding hydrogens is 332 g/mol. The summed E-state index contributed by atoms with van der Waals surface area (Å²) >= 11 is 0. The lowest BCUT2D eigenvalue weighted by Gasteiger charge is -2.31. The van der Waals surface area contributed by atoms with Gasteiger partial charge in [0.15, 0.2) is 0 Å². The van der Waals surface area contributed by atoms with Crippen molar-refractivity contribution in [1.82, 2.24) is 19.7 Å². The average molecular weight is 354 g/mol. The van der Waals surface area contributed by atoms with E-state index in [0.717, 1.165) is 22.5 Å². The number of rotatable bonds is 5. The first-order valence-electron chi connectivity index (χ1n) is 8.59. The van der Waals surface area contributed by atoms with Crippen molar-refractivity contribution in [1.29, 1.82) is 0 Å². The second-order valence-electron chi connectivity index (χ2n) is 6.47. The molecule has 1 aromatic carbocycles. The molecule has 1 aromatic heterocycles. The van der Waals surface area contributed by atoms with Crippen LogP contribution in [0.5, 0.6) is 0 Å². The van der Waals surface area contributed by atoms with E-state index >= 15 is 0 Å². The average Bonchev–Trinajstić information content (AvgIpc) is 3.18. The fourth-order valence-electron chi connectivity index (χ4n) is 3.77. The predicted octanol–water partition coefficient (Wildman–Crippen LogP) is 1.41. The van der Waals surface area contributed by atoms with Crippen LogP contribution >= 0.6 is 0 Å². The van der Waals surface area contributed by atoms with E-state index in [1.54, 1.807) is 16.6 Å². The molecule has 0 saturated carbocycles. The molecule has 3 heterocycles. The molecule has 2 aromatic rings. The summed E-state index contributed by atoms with van der Waals surface area (Å²) in [7, 11) is 3.58. The molecule has 2 atom stereocenters. The predicted molar refractivity (Wildman–Crippen MR) is 96.3 cm³/mol. The fourth-order valence-corrected chi connectivity index (χ4v) is 3.77. The number of hydrogen-bond acceptors (Lipinski definition) is 5. The third-order valence-corrected chi connectivity index (χ3v) is 5.06. The smallest absolute Gasteiger partial charge is 0.325 e. The van der Waals surface area contributed by atoms with Gasteiger partial charge in [-0.1, -0.05) is 30.3 Å². The van der Waals surface area contributed by atoms with Gasteiger partial charge in [0.25, 0.3) is 0 Å². The largest absolute Gasteiger partial charge is 0.345 e. The van der Waals surface area contributed by atoms with Crippen LogP contribution in [0, 0.1) is 0 Å². The molecule has 2 aliphatic rings. The van der Waals surface area contributed by atoms with Crippen molar-refractivity contribution in [3.8, 4) is 0 Å². The molecule has 1 saturated heterocycles. The Bertz CT molecular complexity index is 847. The third kappa shape index (κ3) is 2.49. The number of carbonyl (C=O) groups is 1. The van der Waals surface area contributed by atoms with E-state index in [0.29, 0.717) is 13.2 Å². The minimum absolute atomic E-state index is 0.165. The summed E-state index contributed by atoms with van der Waals surface area (Å²) < 4.78 is 1.80. The van der Waals surface area contributed by atoms with Crippen LogP contribution < -0.4 is 5.73 Å². The third-order valence-electron chi connectivity index (χ3n) is 5.06. The van der Waals surface area contributed by atoms with Gasteiger partial charge in [0, 0.05) is 26.2 Å². The van der Waals surface area contributed by atoms with Crippen LogP contribution in [0.1, 0.15) is 28.9 Å². The molecule has 2 bridgehead atoms. The molecule has 1 fully saturated rings. The number of carbonyl (C=O) groups excluding carboxylic acids is 1. The van der Waals surface area contributed by atoms with Gasteiger partial charge in [-0.25, -0.2) is 4.79 Å². The van der Waals surface area contributed by atoms with Gasteiger partial charge in [-0.05, 0) is 5.56 Å². The number of urea groups is 1. The van der Waals surface area contributed by atoms with E-state index in [1.807, 2.05) is 43.6 Å². The molecule has 136 valence electrons. The van der Waals surface area contributed by atoms with Gasteiger partial charge in [0.05, 0.1) is 24.1 Å². The van der Waals surface area contributed by atoms with Gasteiger partial charge in [-0.2, -0.15) is 10.2 Å². The Labute approximate surface area is 151 Å². The number of amides is 2. The maximum atomic E-state index is 13.0. The number of nitrogens with two attached hydrogens (primary N) is 1. The van der Waals surface area contributed by atoms with Crippen LogP contribution in [-0.4, -0.2) is 51.6 Å². The molecule has 8 nitrogen and oxygen atoms in total. The van der Waals surface area contributed by atoms with Gasteiger partial charge in [0.2, 0.25) is 0 Å². The normalized spacial score (nSPS) is 22.1. The second kappa shape index (κ2) is 6.54. The summed E-state index contributed by atoms with van der Waals surface area (Å²) in [6.45, 7) is 1.16. The van der Waals surface area contributed by atoms with Crippen molar-refractivity contribution in [2.45, 2.75) is 18.7 Å². The molecule has 2 amide bonds. The standard InChI is InChI=1S/C18H22N6O2/c1-20-14(8-19)17-16-13(9-21-22(16)2)15-10-23(17)18(25)24(15)26-11-12-6-4-3-5-7-12/h3-7,9,15,17H,8,10-11,19H2,1-2H3/t15-,17+/m0/s1. The second-order valence-corrected chi connectivity index (χ2v) is 6.47. The molecule has 0 spiro atoms. The number of nitrogens with zero attached hydrogens (tertiary/aromatic N) is 5. The lowest BCUT2D eigenvalue weighted by atomic mass is 9.94. The molecule has 2 aliphatic heterocycles. The SMILES string of the molecule is CN=C(CN)[C@@H]1c2c(cnn2C)[C@@H]2CN1C(=O)N2OCc1ccccc1. The van der Waals surface area contributed by atoms with Crippen molar-refractivity contribution < 1.29 is 9.63 Å². The van der Waals surface area contributed by atoms with Crippen LogP contribution in [0.4, 0.5) is 4.79 Å². The fraction of sp³-hybridized carbons (Fsp3) is 0.389. The minimum Gasteiger partial charge on any atom is -0.325 e. The molecule has 0 unspecified atom stereocenters. The van der Waals surface area contributed by atoms with Crippen LogP contribution in [-0.2, 0) is 18.5 Å². The zero-order valence-electron chi connectivity index (χ0n) is 14.9. The van der Waals surface area contributed by atoms with Gasteiger partial charge in [-0.15, -0.1) is 0 Å². The number of aryl methyl sites for hydroxylation is 1. The van der Waals surface area contributed by atoms with Gasteiger partial charge in [0.1, 0.15) is 18.7 Å². The van der Waals surface area contributed by atoms with Crippen molar-refractivity contribution >= 4 is 11.7 Å². The number of hydroxylamine groups is 2. The highest BCUT2D eigenvalue weighted by Gasteiger charge is 2.51. The van der Waals surface area contributed by atoms with Gasteiger partial charge < -0.3 is 10.6 Å². The minimum atomic E-state index is -0.304. The monoisotopic (exact) mass is 354 g/mol. The number of aromatic nitrogens is 2. The Kier molecular flexibility index (Phi) is 4.21. The molecule has 8 heteroatoms. The first kappa shape index (κ1) is 16.7. The molecule has 2 N–H and O–H groups in total. The lowest BCUT2D eigenvalue weighted by molar-refractivity contribution is -0.141. The summed E-state index contributed by atoms with van der Waals surface area (Å²) in [4.78, 5) is 25.0. The summed E-state index contributed by atoms with van der Waals surface area (Å²) in [5.74, 6) is 0. The Morgan fingerprint density at radius 1 is 1.38 bits per heavy atom. The first-order valence-corrected chi connectivity index (χ1v) is 8.59. The highest BCUT2D eigenvalue weighted by molar-refractivity contribution is 5.96. The van der Waals surface area contributed by atoms with E-state index in [2.05, 4.69) is 10.1 Å². The maximum Gasteiger partial charge on any atom is 0.345 e. The van der Waals surface area contributed by atoms with Crippen LogP contribution in [0.3, 0.4) is 0 Å². The number of aliphatic imine (C=N–C) groups is 1. The van der Waals surface area contributed by atoms with E-state index in [4.69, 9.17) is 10.6 Å². The molecular formula is C18H22N6O2. The van der Waals surface area contributed by atoms with E-state index in [1.165, 1.54) is 5.06 Å². The van der Waals surface area contributed by atoms with Crippen molar-refractivity contribution in [3.63, 3.8) is 0 Å². The summed E-state index contributed by atoms with van der Waals surface area (Å²) in [5.41, 5.74) is 9.60. The first-order chi connectivity index (χ1) is 12.7. The van der Waals surface area contributed by atoms with Crippen LogP contribution in [0.2, 0.25) is 0 Å².